The Morgan fingerprint density at radius 1 is 1.27 bits per heavy atom. The number of amides is 1. The molecule has 2 aliphatic rings. The number of carbonyl (C=O) groups excluding carboxylic acids is 1. The third-order valence-corrected chi connectivity index (χ3v) is 6.52. The van der Waals surface area contributed by atoms with Gasteiger partial charge in [-0.05, 0) is 38.2 Å². The molecule has 2 fully saturated rings. The van der Waals surface area contributed by atoms with Crippen LogP contribution in [0.1, 0.15) is 74.8 Å². The van der Waals surface area contributed by atoms with Crippen molar-refractivity contribution in [3.8, 4) is 0 Å². The lowest BCUT2D eigenvalue weighted by atomic mass is 10.0. The molecule has 1 atom stereocenters. The summed E-state index contributed by atoms with van der Waals surface area (Å²) >= 11 is 0. The Morgan fingerprint density at radius 3 is 2.67 bits per heavy atom. The number of rotatable bonds is 5. The van der Waals surface area contributed by atoms with Crippen LogP contribution in [0.25, 0.3) is 11.0 Å². The summed E-state index contributed by atoms with van der Waals surface area (Å²) in [6, 6.07) is 2.41. The van der Waals surface area contributed by atoms with Gasteiger partial charge in [0, 0.05) is 37.4 Å². The van der Waals surface area contributed by atoms with E-state index in [4.69, 9.17) is 0 Å². The number of carbonyl (C=O) groups is 1. The first-order valence-electron chi connectivity index (χ1n) is 11.1. The highest BCUT2D eigenvalue weighted by Crippen LogP contribution is 2.27. The lowest BCUT2D eigenvalue weighted by molar-refractivity contribution is 0.0937. The largest absolute Gasteiger partial charge is 0.348 e. The maximum Gasteiger partial charge on any atom is 0.329 e. The van der Waals surface area contributed by atoms with E-state index in [1.54, 1.807) is 6.07 Å². The number of hydrogen-bond acceptors (Lipinski definition) is 5. The molecule has 3 heterocycles. The molecular formula is C22H31N5O3. The van der Waals surface area contributed by atoms with Gasteiger partial charge in [0.05, 0.1) is 10.9 Å². The van der Waals surface area contributed by atoms with Crippen molar-refractivity contribution in [2.24, 2.45) is 0 Å². The van der Waals surface area contributed by atoms with Crippen molar-refractivity contribution < 1.29 is 4.79 Å². The zero-order valence-corrected chi connectivity index (χ0v) is 18.0. The second kappa shape index (κ2) is 8.34. The monoisotopic (exact) mass is 413 g/mol. The third-order valence-electron chi connectivity index (χ3n) is 6.52. The number of H-pyrrole nitrogens is 1. The van der Waals surface area contributed by atoms with E-state index >= 15 is 0 Å². The molecule has 1 unspecified atom stereocenters. The number of likely N-dealkylation sites (tertiary alicyclic amines) is 1. The Balaban J connectivity index is 1.68. The van der Waals surface area contributed by atoms with Crippen LogP contribution in [-0.2, 0) is 6.54 Å². The van der Waals surface area contributed by atoms with Crippen LogP contribution in [0.5, 0.6) is 0 Å². The van der Waals surface area contributed by atoms with Crippen molar-refractivity contribution in [3.63, 3.8) is 0 Å². The van der Waals surface area contributed by atoms with E-state index in [0.717, 1.165) is 19.5 Å². The van der Waals surface area contributed by atoms with Gasteiger partial charge in [-0.2, -0.15) is 0 Å². The summed E-state index contributed by atoms with van der Waals surface area (Å²) in [7, 11) is 0. The Bertz CT molecular complexity index is 1060. The molecule has 8 heteroatoms. The van der Waals surface area contributed by atoms with E-state index in [0.29, 0.717) is 23.8 Å². The number of hydrogen-bond donors (Lipinski definition) is 2. The normalized spacial score (nSPS) is 20.5. The zero-order valence-electron chi connectivity index (χ0n) is 18.0. The van der Waals surface area contributed by atoms with Crippen molar-refractivity contribution in [2.75, 3.05) is 13.1 Å². The molecule has 4 rings (SSSR count). The van der Waals surface area contributed by atoms with Crippen molar-refractivity contribution in [2.45, 2.75) is 77.4 Å². The van der Waals surface area contributed by atoms with Crippen LogP contribution >= 0.6 is 0 Å². The van der Waals surface area contributed by atoms with Crippen molar-refractivity contribution in [1.82, 2.24) is 24.8 Å². The van der Waals surface area contributed by atoms with Crippen LogP contribution in [0.3, 0.4) is 0 Å². The van der Waals surface area contributed by atoms with Crippen LogP contribution in [-0.4, -0.2) is 50.5 Å². The summed E-state index contributed by atoms with van der Waals surface area (Å²) < 4.78 is 1.41. The van der Waals surface area contributed by atoms with E-state index in [-0.39, 0.29) is 28.9 Å². The Morgan fingerprint density at radius 2 is 2.00 bits per heavy atom. The minimum Gasteiger partial charge on any atom is -0.348 e. The lowest BCUT2D eigenvalue weighted by Crippen LogP contribution is -2.40. The first kappa shape index (κ1) is 20.8. The fourth-order valence-corrected chi connectivity index (χ4v) is 4.83. The molecule has 30 heavy (non-hydrogen) atoms. The summed E-state index contributed by atoms with van der Waals surface area (Å²) in [6.45, 7) is 7.99. The second-order valence-electron chi connectivity index (χ2n) is 8.84. The van der Waals surface area contributed by atoms with E-state index in [1.807, 2.05) is 20.8 Å². The molecule has 0 bridgehead atoms. The molecule has 1 saturated carbocycles. The summed E-state index contributed by atoms with van der Waals surface area (Å²) in [4.78, 5) is 47.5. The Hall–Kier alpha value is -2.48. The predicted molar refractivity (Wildman–Crippen MR) is 116 cm³/mol. The van der Waals surface area contributed by atoms with Gasteiger partial charge in [0.1, 0.15) is 0 Å². The summed E-state index contributed by atoms with van der Waals surface area (Å²) in [6.07, 6.45) is 6.00. The Labute approximate surface area is 175 Å². The van der Waals surface area contributed by atoms with Gasteiger partial charge in [0.15, 0.2) is 5.65 Å². The maximum absolute atomic E-state index is 13.3. The van der Waals surface area contributed by atoms with Crippen LogP contribution in [0, 0.1) is 0 Å². The molecular weight excluding hydrogens is 382 g/mol. The van der Waals surface area contributed by atoms with Gasteiger partial charge >= 0.3 is 5.69 Å². The van der Waals surface area contributed by atoms with E-state index in [2.05, 4.69) is 20.2 Å². The number of nitrogens with one attached hydrogen (secondary N) is 2. The van der Waals surface area contributed by atoms with Gasteiger partial charge in [0.25, 0.3) is 11.5 Å². The maximum atomic E-state index is 13.3. The first-order valence-corrected chi connectivity index (χ1v) is 11.1. The van der Waals surface area contributed by atoms with Crippen LogP contribution in [0.4, 0.5) is 0 Å². The quantitative estimate of drug-likeness (QED) is 0.781. The molecule has 0 radical (unpaired) electrons. The zero-order chi connectivity index (χ0) is 21.4. The van der Waals surface area contributed by atoms with Gasteiger partial charge in [-0.3, -0.25) is 24.0 Å². The van der Waals surface area contributed by atoms with E-state index in [1.165, 1.54) is 30.3 Å². The molecule has 162 valence electrons. The molecule has 1 amide bonds. The lowest BCUT2D eigenvalue weighted by Gasteiger charge is -2.23. The predicted octanol–water partition coefficient (Wildman–Crippen LogP) is 1.97. The van der Waals surface area contributed by atoms with Gasteiger partial charge in [-0.1, -0.05) is 26.7 Å². The minimum atomic E-state index is -0.563. The van der Waals surface area contributed by atoms with Gasteiger partial charge in [0.2, 0.25) is 0 Å². The molecule has 2 N–H and O–H groups in total. The van der Waals surface area contributed by atoms with E-state index < -0.39 is 11.2 Å². The highest BCUT2D eigenvalue weighted by atomic mass is 16.2. The SMILES string of the molecule is CCn1c(=O)[nH]c(=O)c2c(C(=O)NC3CCN(C4CCCC4)C3)cc(C(C)C)nc21. The summed E-state index contributed by atoms with van der Waals surface area (Å²) in [5.74, 6) is -0.209. The van der Waals surface area contributed by atoms with Gasteiger partial charge in [-0.15, -0.1) is 0 Å². The third kappa shape index (κ3) is 3.80. The molecule has 1 aliphatic carbocycles. The number of aryl methyl sites for hydroxylation is 1. The topological polar surface area (TPSA) is 100 Å². The number of aromatic amines is 1. The fourth-order valence-electron chi connectivity index (χ4n) is 4.83. The minimum absolute atomic E-state index is 0.0602. The molecule has 8 nitrogen and oxygen atoms in total. The average molecular weight is 414 g/mol. The van der Waals surface area contributed by atoms with Crippen LogP contribution < -0.4 is 16.6 Å². The van der Waals surface area contributed by atoms with Crippen molar-refractivity contribution >= 4 is 16.9 Å². The molecule has 1 aliphatic heterocycles. The molecule has 0 spiro atoms. The van der Waals surface area contributed by atoms with E-state index in [9.17, 15) is 14.4 Å². The number of aromatic nitrogens is 3. The second-order valence-corrected chi connectivity index (χ2v) is 8.84. The standard InChI is InChI=1S/C22H31N5O3/c1-4-27-19-18(21(29)25-22(27)30)16(11-17(24-19)13(2)3)20(28)23-14-9-10-26(12-14)15-7-5-6-8-15/h11,13-15H,4-10,12H2,1-3H3,(H,23,28)(H,25,29,30). The number of fused-ring (bicyclic) bond motifs is 1. The van der Waals surface area contributed by atoms with Crippen LogP contribution in [0.2, 0.25) is 0 Å². The molecule has 2 aromatic heterocycles. The van der Waals surface area contributed by atoms with Crippen molar-refractivity contribution in [1.29, 1.82) is 0 Å². The van der Waals surface area contributed by atoms with Crippen molar-refractivity contribution in [3.05, 3.63) is 38.2 Å². The summed E-state index contributed by atoms with van der Waals surface area (Å²) in [5, 5.41) is 3.32. The first-order chi connectivity index (χ1) is 14.4. The molecule has 0 aromatic carbocycles. The van der Waals surface area contributed by atoms with Gasteiger partial charge in [-0.25, -0.2) is 9.78 Å². The van der Waals surface area contributed by atoms with Crippen LogP contribution in [0.15, 0.2) is 15.7 Å². The fraction of sp³-hybridized carbons (Fsp3) is 0.636. The highest BCUT2D eigenvalue weighted by molar-refractivity contribution is 6.05. The van der Waals surface area contributed by atoms with Gasteiger partial charge < -0.3 is 5.32 Å². The number of nitrogens with zero attached hydrogens (tertiary/aromatic N) is 3. The molecule has 2 aromatic rings. The summed E-state index contributed by atoms with van der Waals surface area (Å²) in [5.41, 5.74) is 0.205. The number of pyridine rings is 1. The molecule has 1 saturated heterocycles. The Kier molecular flexibility index (Phi) is 5.77. The average Bonchev–Trinajstić information content (AvgIpc) is 3.39. The smallest absolute Gasteiger partial charge is 0.329 e. The highest BCUT2D eigenvalue weighted by Gasteiger charge is 2.31.